The molecular weight excluding hydrogens is 558 g/mol. The van der Waals surface area contributed by atoms with E-state index in [1.165, 1.54) is 30.6 Å². The molecule has 1 atom stereocenters. The van der Waals surface area contributed by atoms with Crippen molar-refractivity contribution in [1.29, 1.82) is 0 Å². The van der Waals surface area contributed by atoms with Crippen LogP contribution < -0.4 is 9.62 Å². The molecule has 0 radical (unpaired) electrons. The van der Waals surface area contributed by atoms with Gasteiger partial charge in [-0.05, 0) is 69.2 Å². The van der Waals surface area contributed by atoms with E-state index in [2.05, 4.69) is 19.7 Å². The van der Waals surface area contributed by atoms with E-state index in [0.717, 1.165) is 21.7 Å². The van der Waals surface area contributed by atoms with Gasteiger partial charge >= 0.3 is 12.1 Å². The summed E-state index contributed by atoms with van der Waals surface area (Å²) in [5.74, 6) is -1.27. The second kappa shape index (κ2) is 12.9. The number of amides is 1. The van der Waals surface area contributed by atoms with Crippen molar-refractivity contribution in [2.45, 2.75) is 43.7 Å². The molecule has 2 N–H and O–H groups in total. The fraction of sp³-hybridized carbons (Fsp3) is 0.233. The predicted molar refractivity (Wildman–Crippen MR) is 156 cm³/mol. The first-order chi connectivity index (χ1) is 19.9. The molecule has 0 aliphatic carbocycles. The highest BCUT2D eigenvalue weighted by Crippen LogP contribution is 2.25. The SMILES string of the molecule is CC(C)(C)OC(=O)N(CC(=O)O)c1cccc(C(Cc2ccc(-c3ccccn3)cc2)NS(=O)(=O)c2cccnc2)n1. The zero-order valence-electron chi connectivity index (χ0n) is 23.3. The summed E-state index contributed by atoms with van der Waals surface area (Å²) in [6.07, 6.45) is 3.72. The first-order valence-corrected chi connectivity index (χ1v) is 14.5. The Morgan fingerprint density at radius 3 is 2.36 bits per heavy atom. The number of carboxylic acids is 1. The topological polar surface area (TPSA) is 152 Å². The Balaban J connectivity index is 1.70. The van der Waals surface area contributed by atoms with E-state index in [1.54, 1.807) is 39.1 Å². The van der Waals surface area contributed by atoms with Crippen LogP contribution in [0.1, 0.15) is 38.1 Å². The number of nitrogens with zero attached hydrogens (tertiary/aromatic N) is 4. The van der Waals surface area contributed by atoms with E-state index in [4.69, 9.17) is 4.74 Å². The lowest BCUT2D eigenvalue weighted by Crippen LogP contribution is -2.40. The molecule has 3 heterocycles. The lowest BCUT2D eigenvalue weighted by molar-refractivity contribution is -0.135. The summed E-state index contributed by atoms with van der Waals surface area (Å²) in [6, 6.07) is 19.8. The lowest BCUT2D eigenvalue weighted by atomic mass is 10.0. The third-order valence-electron chi connectivity index (χ3n) is 5.89. The van der Waals surface area contributed by atoms with Gasteiger partial charge in [0.15, 0.2) is 0 Å². The average Bonchev–Trinajstić information content (AvgIpc) is 2.96. The van der Waals surface area contributed by atoms with Gasteiger partial charge in [0, 0.05) is 24.2 Å². The van der Waals surface area contributed by atoms with E-state index in [0.29, 0.717) is 0 Å². The molecule has 0 saturated heterocycles. The first-order valence-electron chi connectivity index (χ1n) is 13.0. The molecule has 1 amide bonds. The standard InChI is InChI=1S/C30H31N5O6S/c1-30(2,3)41-29(38)35(20-28(36)37)27-11-6-10-25(33-27)26(34-42(39,40)23-8-7-16-31-19-23)18-21-12-14-22(15-13-21)24-9-4-5-17-32-24/h4-17,19,26,34H,18,20H2,1-3H3,(H,36,37). The average molecular weight is 590 g/mol. The van der Waals surface area contributed by atoms with E-state index in [9.17, 15) is 23.1 Å². The molecule has 3 aromatic heterocycles. The first kappa shape index (κ1) is 30.3. The molecule has 0 aliphatic heterocycles. The van der Waals surface area contributed by atoms with Crippen LogP contribution in [-0.4, -0.2) is 52.7 Å². The van der Waals surface area contributed by atoms with Crippen molar-refractivity contribution in [3.63, 3.8) is 0 Å². The van der Waals surface area contributed by atoms with Crippen LogP contribution in [0, 0.1) is 0 Å². The summed E-state index contributed by atoms with van der Waals surface area (Å²) in [4.78, 5) is 38.2. The number of nitrogens with one attached hydrogen (secondary N) is 1. The van der Waals surface area contributed by atoms with Crippen molar-refractivity contribution in [2.24, 2.45) is 0 Å². The normalized spacial score (nSPS) is 12.4. The monoisotopic (exact) mass is 589 g/mol. The van der Waals surface area contributed by atoms with Crippen LogP contribution in [0.2, 0.25) is 0 Å². The molecule has 4 rings (SSSR count). The molecule has 0 bridgehead atoms. The maximum Gasteiger partial charge on any atom is 0.416 e. The van der Waals surface area contributed by atoms with Crippen LogP contribution in [0.25, 0.3) is 11.3 Å². The second-order valence-corrected chi connectivity index (χ2v) is 12.1. The number of hydrogen-bond acceptors (Lipinski definition) is 8. The van der Waals surface area contributed by atoms with Crippen LogP contribution in [0.15, 0.2) is 96.3 Å². The molecule has 11 nitrogen and oxygen atoms in total. The Morgan fingerprint density at radius 1 is 0.976 bits per heavy atom. The molecule has 12 heteroatoms. The van der Waals surface area contributed by atoms with E-state index in [-0.39, 0.29) is 22.8 Å². The van der Waals surface area contributed by atoms with Crippen molar-refractivity contribution in [3.05, 3.63) is 103 Å². The minimum Gasteiger partial charge on any atom is -0.480 e. The highest BCUT2D eigenvalue weighted by molar-refractivity contribution is 7.89. The van der Waals surface area contributed by atoms with Gasteiger partial charge in [0.25, 0.3) is 0 Å². The fourth-order valence-corrected chi connectivity index (χ4v) is 5.20. The van der Waals surface area contributed by atoms with Crippen LogP contribution in [0.3, 0.4) is 0 Å². The summed E-state index contributed by atoms with van der Waals surface area (Å²) in [7, 11) is -4.03. The zero-order chi connectivity index (χ0) is 30.3. The van der Waals surface area contributed by atoms with E-state index < -0.39 is 40.3 Å². The quantitative estimate of drug-likeness (QED) is 0.270. The number of ether oxygens (including phenoxy) is 1. The third-order valence-corrected chi connectivity index (χ3v) is 7.35. The smallest absolute Gasteiger partial charge is 0.416 e. The van der Waals surface area contributed by atoms with Crippen molar-refractivity contribution in [1.82, 2.24) is 19.7 Å². The van der Waals surface area contributed by atoms with Gasteiger partial charge in [-0.1, -0.05) is 36.4 Å². The Labute approximate surface area is 244 Å². The number of aliphatic carboxylic acids is 1. The van der Waals surface area contributed by atoms with Gasteiger partial charge in [-0.15, -0.1) is 0 Å². The third kappa shape index (κ3) is 8.18. The van der Waals surface area contributed by atoms with Crippen molar-refractivity contribution in [3.8, 4) is 11.3 Å². The van der Waals surface area contributed by atoms with Crippen LogP contribution in [0.4, 0.5) is 10.6 Å². The zero-order valence-corrected chi connectivity index (χ0v) is 24.2. The second-order valence-electron chi connectivity index (χ2n) is 10.4. The molecule has 0 fully saturated rings. The number of carbonyl (C=O) groups excluding carboxylic acids is 1. The minimum atomic E-state index is -4.03. The Hall–Kier alpha value is -4.68. The number of benzene rings is 1. The maximum atomic E-state index is 13.3. The summed E-state index contributed by atoms with van der Waals surface area (Å²) in [6.45, 7) is 4.29. The molecule has 0 aliphatic rings. The summed E-state index contributed by atoms with van der Waals surface area (Å²) >= 11 is 0. The number of hydrogen-bond donors (Lipinski definition) is 2. The summed E-state index contributed by atoms with van der Waals surface area (Å²) < 4.78 is 34.7. The van der Waals surface area contributed by atoms with Crippen molar-refractivity contribution in [2.75, 3.05) is 11.4 Å². The lowest BCUT2D eigenvalue weighted by Gasteiger charge is -2.26. The van der Waals surface area contributed by atoms with Gasteiger partial charge in [0.1, 0.15) is 22.9 Å². The minimum absolute atomic E-state index is 0.000209. The molecule has 1 aromatic carbocycles. The summed E-state index contributed by atoms with van der Waals surface area (Å²) in [5.41, 5.74) is 1.89. The van der Waals surface area contributed by atoms with Gasteiger partial charge in [-0.25, -0.2) is 22.9 Å². The molecular formula is C30H31N5O6S. The van der Waals surface area contributed by atoms with E-state index in [1.807, 2.05) is 42.5 Å². The largest absolute Gasteiger partial charge is 0.480 e. The molecule has 4 aromatic rings. The molecule has 0 saturated carbocycles. The van der Waals surface area contributed by atoms with Crippen LogP contribution >= 0.6 is 0 Å². The Kier molecular flexibility index (Phi) is 9.28. The van der Waals surface area contributed by atoms with Crippen molar-refractivity contribution < 1.29 is 27.9 Å². The number of sulfonamides is 1. The summed E-state index contributed by atoms with van der Waals surface area (Å²) in [5, 5.41) is 9.47. The number of anilines is 1. The van der Waals surface area contributed by atoms with Crippen molar-refractivity contribution >= 4 is 27.9 Å². The van der Waals surface area contributed by atoms with E-state index >= 15 is 0 Å². The highest BCUT2D eigenvalue weighted by atomic mass is 32.2. The Bertz CT molecular complexity index is 1630. The predicted octanol–water partition coefficient (Wildman–Crippen LogP) is 4.63. The van der Waals surface area contributed by atoms with Gasteiger partial charge in [-0.3, -0.25) is 19.7 Å². The van der Waals surface area contributed by atoms with Gasteiger partial charge in [-0.2, -0.15) is 0 Å². The molecule has 42 heavy (non-hydrogen) atoms. The van der Waals surface area contributed by atoms with Gasteiger partial charge in [0.05, 0.1) is 17.4 Å². The highest BCUT2D eigenvalue weighted by Gasteiger charge is 2.28. The Morgan fingerprint density at radius 2 is 1.74 bits per heavy atom. The molecule has 218 valence electrons. The molecule has 1 unspecified atom stereocenters. The van der Waals surface area contributed by atoms with Gasteiger partial charge in [0.2, 0.25) is 10.0 Å². The maximum absolute atomic E-state index is 13.3. The number of pyridine rings is 3. The number of carboxylic acid groups (broad SMARTS) is 1. The number of aromatic nitrogens is 3. The number of rotatable bonds is 10. The van der Waals surface area contributed by atoms with Crippen LogP contribution in [0.5, 0.6) is 0 Å². The molecule has 0 spiro atoms. The fourth-order valence-electron chi connectivity index (χ4n) is 4.02. The number of carbonyl (C=O) groups is 2. The van der Waals surface area contributed by atoms with Gasteiger partial charge < -0.3 is 9.84 Å². The van der Waals surface area contributed by atoms with Crippen LogP contribution in [-0.2, 0) is 26.0 Å².